The molecule has 0 bridgehead atoms. The number of hydrogen-bond acceptors (Lipinski definition) is 5. The zero-order chi connectivity index (χ0) is 20.3. The van der Waals surface area contributed by atoms with E-state index in [1.807, 2.05) is 20.8 Å². The number of benzene rings is 1. The minimum absolute atomic E-state index is 0.123. The average Bonchev–Trinajstić information content (AvgIpc) is 2.58. The predicted octanol–water partition coefficient (Wildman–Crippen LogP) is 2.79. The van der Waals surface area contributed by atoms with Gasteiger partial charge in [-0.3, -0.25) is 4.79 Å². The van der Waals surface area contributed by atoms with E-state index >= 15 is 0 Å². The van der Waals surface area contributed by atoms with E-state index in [1.165, 1.54) is 6.92 Å². The van der Waals surface area contributed by atoms with Crippen LogP contribution in [0.3, 0.4) is 0 Å². The lowest BCUT2D eigenvalue weighted by Gasteiger charge is -2.20. The molecule has 27 heavy (non-hydrogen) atoms. The summed E-state index contributed by atoms with van der Waals surface area (Å²) in [6.45, 7) is 8.84. The molecule has 2 aromatic rings. The van der Waals surface area contributed by atoms with Crippen LogP contribution in [-0.2, 0) is 9.59 Å². The molecule has 2 atom stereocenters. The molecule has 1 heterocycles. The molecule has 2 N–H and O–H groups in total. The Morgan fingerprint density at radius 3 is 2.44 bits per heavy atom. The zero-order valence-electron chi connectivity index (χ0n) is 16.2. The number of nitrogens with one attached hydrogen (secondary N) is 1. The van der Waals surface area contributed by atoms with Crippen LogP contribution in [0.15, 0.2) is 27.4 Å². The number of carboxylic acids is 1. The molecule has 146 valence electrons. The van der Waals surface area contributed by atoms with Crippen LogP contribution in [0.25, 0.3) is 11.0 Å². The highest BCUT2D eigenvalue weighted by molar-refractivity contribution is 5.86. The fourth-order valence-corrected chi connectivity index (χ4v) is 2.74. The van der Waals surface area contributed by atoms with Gasteiger partial charge in [-0.2, -0.15) is 0 Å². The first-order valence-electron chi connectivity index (χ1n) is 8.84. The van der Waals surface area contributed by atoms with Crippen LogP contribution < -0.4 is 15.7 Å². The van der Waals surface area contributed by atoms with Gasteiger partial charge in [-0.1, -0.05) is 13.8 Å². The van der Waals surface area contributed by atoms with Crippen molar-refractivity contribution in [3.8, 4) is 5.75 Å². The highest BCUT2D eigenvalue weighted by Crippen LogP contribution is 2.24. The number of carbonyl (C=O) groups excluding carboxylic acids is 1. The van der Waals surface area contributed by atoms with E-state index in [0.29, 0.717) is 23.3 Å². The molecule has 0 spiro atoms. The third kappa shape index (κ3) is 4.87. The highest BCUT2D eigenvalue weighted by Gasteiger charge is 2.24. The Morgan fingerprint density at radius 1 is 1.19 bits per heavy atom. The number of ether oxygens (including phenoxy) is 1. The van der Waals surface area contributed by atoms with Gasteiger partial charge in [0.15, 0.2) is 6.10 Å². The van der Waals surface area contributed by atoms with Crippen molar-refractivity contribution in [3.63, 3.8) is 0 Å². The SMILES string of the molecule is Cc1c(C)c2ccc(OC(C)C(=O)NC(CC(C)C)C(=O)O)cc2oc1=O. The molecule has 1 aromatic carbocycles. The van der Waals surface area contributed by atoms with E-state index in [4.69, 9.17) is 9.15 Å². The normalized spacial score (nSPS) is 13.4. The monoisotopic (exact) mass is 375 g/mol. The maximum atomic E-state index is 12.3. The van der Waals surface area contributed by atoms with Crippen LogP contribution in [0.5, 0.6) is 5.75 Å². The topological polar surface area (TPSA) is 106 Å². The van der Waals surface area contributed by atoms with Gasteiger partial charge in [0.2, 0.25) is 0 Å². The highest BCUT2D eigenvalue weighted by atomic mass is 16.5. The number of rotatable bonds is 7. The van der Waals surface area contributed by atoms with Gasteiger partial charge in [0.05, 0.1) is 0 Å². The Kier molecular flexibility index (Phi) is 6.25. The number of hydrogen-bond donors (Lipinski definition) is 2. The van der Waals surface area contributed by atoms with Crippen LogP contribution >= 0.6 is 0 Å². The Balaban J connectivity index is 2.16. The van der Waals surface area contributed by atoms with Gasteiger partial charge >= 0.3 is 11.6 Å². The first-order chi connectivity index (χ1) is 12.6. The van der Waals surface area contributed by atoms with Gasteiger partial charge in [-0.15, -0.1) is 0 Å². The van der Waals surface area contributed by atoms with Gasteiger partial charge in [0.1, 0.15) is 17.4 Å². The summed E-state index contributed by atoms with van der Waals surface area (Å²) in [4.78, 5) is 35.4. The molecule has 7 heteroatoms. The minimum atomic E-state index is -1.08. The number of carboxylic acid groups (broad SMARTS) is 1. The number of carbonyl (C=O) groups is 2. The fourth-order valence-electron chi connectivity index (χ4n) is 2.74. The maximum absolute atomic E-state index is 12.3. The molecule has 0 fully saturated rings. The summed E-state index contributed by atoms with van der Waals surface area (Å²) < 4.78 is 10.9. The summed E-state index contributed by atoms with van der Waals surface area (Å²) in [5.41, 5.74) is 1.34. The number of aliphatic carboxylic acids is 1. The molecule has 2 rings (SSSR count). The quantitative estimate of drug-likeness (QED) is 0.721. The molecule has 0 aliphatic rings. The molecule has 0 saturated carbocycles. The van der Waals surface area contributed by atoms with E-state index in [1.54, 1.807) is 25.1 Å². The molecule has 1 amide bonds. The van der Waals surface area contributed by atoms with Crippen LogP contribution in [0.4, 0.5) is 0 Å². The molecular formula is C20H25NO6. The predicted molar refractivity (Wildman–Crippen MR) is 101 cm³/mol. The molecular weight excluding hydrogens is 350 g/mol. The Morgan fingerprint density at radius 2 is 1.85 bits per heavy atom. The van der Waals surface area contributed by atoms with Crippen molar-refractivity contribution in [1.29, 1.82) is 0 Å². The van der Waals surface area contributed by atoms with Gasteiger partial charge in [0, 0.05) is 17.0 Å². The van der Waals surface area contributed by atoms with Crippen LogP contribution in [0.2, 0.25) is 0 Å². The summed E-state index contributed by atoms with van der Waals surface area (Å²) >= 11 is 0. The lowest BCUT2D eigenvalue weighted by Crippen LogP contribution is -2.46. The first kappa shape index (κ1) is 20.5. The molecule has 7 nitrogen and oxygen atoms in total. The van der Waals surface area contributed by atoms with Gasteiger partial charge < -0.3 is 19.6 Å². The lowest BCUT2D eigenvalue weighted by atomic mass is 10.0. The molecule has 0 aliphatic carbocycles. The largest absolute Gasteiger partial charge is 0.481 e. The minimum Gasteiger partial charge on any atom is -0.481 e. The van der Waals surface area contributed by atoms with Crippen molar-refractivity contribution >= 4 is 22.8 Å². The smallest absolute Gasteiger partial charge is 0.339 e. The van der Waals surface area contributed by atoms with Gasteiger partial charge in [-0.25, -0.2) is 9.59 Å². The molecule has 0 aliphatic heterocycles. The Labute approximate surface area is 157 Å². The number of amides is 1. The number of aryl methyl sites for hydroxylation is 1. The zero-order valence-corrected chi connectivity index (χ0v) is 16.2. The van der Waals surface area contributed by atoms with E-state index < -0.39 is 29.6 Å². The van der Waals surface area contributed by atoms with Crippen molar-refractivity contribution in [2.45, 2.75) is 53.2 Å². The summed E-state index contributed by atoms with van der Waals surface area (Å²) in [5, 5.41) is 12.5. The summed E-state index contributed by atoms with van der Waals surface area (Å²) in [7, 11) is 0. The van der Waals surface area contributed by atoms with Crippen molar-refractivity contribution in [2.24, 2.45) is 5.92 Å². The number of fused-ring (bicyclic) bond motifs is 1. The van der Waals surface area contributed by atoms with Crippen molar-refractivity contribution in [2.75, 3.05) is 0 Å². The summed E-state index contributed by atoms with van der Waals surface area (Å²) in [6.07, 6.45) is -0.581. The maximum Gasteiger partial charge on any atom is 0.339 e. The van der Waals surface area contributed by atoms with E-state index in [-0.39, 0.29) is 5.92 Å². The molecule has 2 unspecified atom stereocenters. The first-order valence-corrected chi connectivity index (χ1v) is 8.84. The molecule has 0 radical (unpaired) electrons. The summed E-state index contributed by atoms with van der Waals surface area (Å²) in [6, 6.07) is 4.03. The summed E-state index contributed by atoms with van der Waals surface area (Å²) in [5.74, 6) is -1.13. The standard InChI is InChI=1S/C20H25NO6/c1-10(2)8-16(19(23)24)21-18(22)13(5)26-14-6-7-15-11(3)12(4)20(25)27-17(15)9-14/h6-7,9-10,13,16H,8H2,1-5H3,(H,21,22)(H,23,24). The second kappa shape index (κ2) is 8.24. The molecule has 0 saturated heterocycles. The van der Waals surface area contributed by atoms with E-state index in [9.17, 15) is 19.5 Å². The average molecular weight is 375 g/mol. The van der Waals surface area contributed by atoms with Gasteiger partial charge in [-0.05, 0) is 50.8 Å². The second-order valence-electron chi connectivity index (χ2n) is 7.09. The third-order valence-electron chi connectivity index (χ3n) is 4.43. The Bertz CT molecular complexity index is 915. The van der Waals surface area contributed by atoms with E-state index in [2.05, 4.69) is 5.32 Å². The second-order valence-corrected chi connectivity index (χ2v) is 7.09. The van der Waals surface area contributed by atoms with Crippen molar-refractivity contribution in [1.82, 2.24) is 5.32 Å². The fraction of sp³-hybridized carbons (Fsp3) is 0.450. The van der Waals surface area contributed by atoms with Crippen molar-refractivity contribution < 1.29 is 23.8 Å². The Hall–Kier alpha value is -2.83. The van der Waals surface area contributed by atoms with Crippen molar-refractivity contribution in [3.05, 3.63) is 39.7 Å². The van der Waals surface area contributed by atoms with Crippen LogP contribution in [-0.4, -0.2) is 29.1 Å². The van der Waals surface area contributed by atoms with E-state index in [0.717, 1.165) is 10.9 Å². The third-order valence-corrected chi connectivity index (χ3v) is 4.43. The van der Waals surface area contributed by atoms with Crippen LogP contribution in [0.1, 0.15) is 38.3 Å². The lowest BCUT2D eigenvalue weighted by molar-refractivity contribution is -0.143. The van der Waals surface area contributed by atoms with Crippen LogP contribution in [0, 0.1) is 19.8 Å². The molecule has 1 aromatic heterocycles. The van der Waals surface area contributed by atoms with Gasteiger partial charge in [0.25, 0.3) is 5.91 Å².